The van der Waals surface area contributed by atoms with Crippen LogP contribution >= 0.6 is 34.2 Å². The van der Waals surface area contributed by atoms with E-state index < -0.39 is 17.6 Å². The summed E-state index contributed by atoms with van der Waals surface area (Å²) < 4.78 is 2.91. The number of hydrogen-bond acceptors (Lipinski definition) is 5. The Morgan fingerprint density at radius 1 is 1.09 bits per heavy atom. The SMILES string of the molecule is Cc1cc(Cn2nnn(-c3ccc(Cl)cc3)c2=O)ccc1N(C)C(=O)c1cccc(I)c1C(=O)O. The highest BCUT2D eigenvalue weighted by molar-refractivity contribution is 14.1. The number of benzene rings is 3. The van der Waals surface area contributed by atoms with E-state index in [1.165, 1.54) is 20.3 Å². The summed E-state index contributed by atoms with van der Waals surface area (Å²) in [4.78, 5) is 39.0. The van der Waals surface area contributed by atoms with Gasteiger partial charge in [-0.15, -0.1) is 0 Å². The van der Waals surface area contributed by atoms with Gasteiger partial charge in [-0.1, -0.05) is 29.8 Å². The van der Waals surface area contributed by atoms with E-state index in [1.54, 1.807) is 55.6 Å². The molecule has 35 heavy (non-hydrogen) atoms. The predicted molar refractivity (Wildman–Crippen MR) is 140 cm³/mol. The minimum Gasteiger partial charge on any atom is -0.478 e. The molecule has 1 amide bonds. The first-order valence-corrected chi connectivity index (χ1v) is 11.8. The number of carboxylic acids is 1. The number of aromatic carboxylic acids is 1. The van der Waals surface area contributed by atoms with Gasteiger partial charge in [-0.3, -0.25) is 4.79 Å². The van der Waals surface area contributed by atoms with Crippen LogP contribution in [0.5, 0.6) is 0 Å². The maximum atomic E-state index is 13.1. The van der Waals surface area contributed by atoms with Crippen LogP contribution in [0, 0.1) is 10.5 Å². The molecule has 0 unspecified atom stereocenters. The zero-order chi connectivity index (χ0) is 25.3. The number of rotatable bonds is 6. The van der Waals surface area contributed by atoms with Crippen LogP contribution in [0.4, 0.5) is 5.69 Å². The van der Waals surface area contributed by atoms with Gasteiger partial charge >= 0.3 is 11.7 Å². The second kappa shape index (κ2) is 10.0. The molecule has 1 N–H and O–H groups in total. The maximum absolute atomic E-state index is 13.1. The van der Waals surface area contributed by atoms with Crippen molar-refractivity contribution in [3.63, 3.8) is 0 Å². The van der Waals surface area contributed by atoms with Crippen molar-refractivity contribution in [1.82, 2.24) is 19.8 Å². The topological polar surface area (TPSA) is 110 Å². The molecule has 0 aliphatic heterocycles. The lowest BCUT2D eigenvalue weighted by Crippen LogP contribution is -2.29. The zero-order valence-corrected chi connectivity index (χ0v) is 21.6. The Morgan fingerprint density at radius 3 is 2.46 bits per heavy atom. The van der Waals surface area contributed by atoms with Crippen molar-refractivity contribution >= 4 is 51.8 Å². The fourth-order valence-electron chi connectivity index (χ4n) is 3.69. The molecule has 1 heterocycles. The van der Waals surface area contributed by atoms with Crippen molar-refractivity contribution in [3.8, 4) is 5.69 Å². The molecule has 0 spiro atoms. The van der Waals surface area contributed by atoms with E-state index in [1.807, 2.05) is 35.6 Å². The fraction of sp³-hybridized carbons (Fsp3) is 0.125. The van der Waals surface area contributed by atoms with Gasteiger partial charge in [0.2, 0.25) is 0 Å². The molecule has 0 saturated carbocycles. The molecule has 0 bridgehead atoms. The van der Waals surface area contributed by atoms with Crippen LogP contribution in [0.3, 0.4) is 0 Å². The Kier molecular flexibility index (Phi) is 7.03. The molecule has 178 valence electrons. The van der Waals surface area contributed by atoms with Gasteiger partial charge in [0.1, 0.15) is 0 Å². The minimum absolute atomic E-state index is 0.0256. The normalized spacial score (nSPS) is 10.9. The van der Waals surface area contributed by atoms with Gasteiger partial charge in [0.15, 0.2) is 0 Å². The van der Waals surface area contributed by atoms with Gasteiger partial charge < -0.3 is 10.0 Å². The predicted octanol–water partition coefficient (Wildman–Crippen LogP) is 4.02. The molecule has 0 aliphatic carbocycles. The summed E-state index contributed by atoms with van der Waals surface area (Å²) in [5.41, 5.74) is 2.42. The Bertz CT molecular complexity index is 1500. The molecule has 4 aromatic rings. The lowest BCUT2D eigenvalue weighted by atomic mass is 10.0. The number of amides is 1. The quantitative estimate of drug-likeness (QED) is 0.334. The molecule has 0 saturated heterocycles. The molecule has 3 aromatic carbocycles. The second-order valence-electron chi connectivity index (χ2n) is 7.76. The van der Waals surface area contributed by atoms with Crippen LogP contribution in [-0.4, -0.2) is 43.8 Å². The van der Waals surface area contributed by atoms with Gasteiger partial charge in [0.25, 0.3) is 5.91 Å². The van der Waals surface area contributed by atoms with Gasteiger partial charge in [-0.05, 0) is 93.5 Å². The number of carboxylic acid groups (broad SMARTS) is 1. The number of carbonyl (C=O) groups is 2. The summed E-state index contributed by atoms with van der Waals surface area (Å²) in [5.74, 6) is -1.59. The largest absolute Gasteiger partial charge is 0.478 e. The summed E-state index contributed by atoms with van der Waals surface area (Å²) in [6.45, 7) is 2.02. The molecule has 0 aliphatic rings. The van der Waals surface area contributed by atoms with E-state index >= 15 is 0 Å². The summed E-state index contributed by atoms with van der Waals surface area (Å²) >= 11 is 7.81. The standard InChI is InChI=1S/C24H19ClIN5O4/c1-14-12-15(13-30-24(35)31(28-27-30)17-9-7-16(25)8-10-17)6-11-20(14)29(2)22(32)18-4-3-5-19(26)21(18)23(33)34/h3-12H,13H2,1-2H3,(H,33,34). The van der Waals surface area contributed by atoms with E-state index in [0.29, 0.717) is 20.0 Å². The van der Waals surface area contributed by atoms with Crippen LogP contribution in [0.15, 0.2) is 65.5 Å². The molecule has 0 atom stereocenters. The molecular formula is C24H19ClIN5O4. The molecule has 0 radical (unpaired) electrons. The molecule has 11 heteroatoms. The van der Waals surface area contributed by atoms with Crippen molar-refractivity contribution in [2.75, 3.05) is 11.9 Å². The lowest BCUT2D eigenvalue weighted by molar-refractivity contribution is 0.0691. The molecule has 4 rings (SSSR count). The highest BCUT2D eigenvalue weighted by Gasteiger charge is 2.23. The number of aryl methyl sites for hydroxylation is 1. The third kappa shape index (κ3) is 4.98. The van der Waals surface area contributed by atoms with E-state index in [2.05, 4.69) is 10.4 Å². The zero-order valence-electron chi connectivity index (χ0n) is 18.6. The first kappa shape index (κ1) is 24.6. The van der Waals surface area contributed by atoms with Gasteiger partial charge in [-0.2, -0.15) is 9.36 Å². The average molecular weight is 604 g/mol. The van der Waals surface area contributed by atoms with Crippen LogP contribution in [-0.2, 0) is 6.54 Å². The fourth-order valence-corrected chi connectivity index (χ4v) is 4.55. The average Bonchev–Trinajstić information content (AvgIpc) is 3.18. The van der Waals surface area contributed by atoms with Crippen LogP contribution in [0.1, 0.15) is 31.8 Å². The molecule has 9 nitrogen and oxygen atoms in total. The third-order valence-corrected chi connectivity index (χ3v) is 6.58. The smallest absolute Gasteiger partial charge is 0.368 e. The first-order valence-electron chi connectivity index (χ1n) is 10.4. The van der Waals surface area contributed by atoms with E-state index in [4.69, 9.17) is 11.6 Å². The van der Waals surface area contributed by atoms with Gasteiger partial charge in [0.05, 0.1) is 23.4 Å². The summed E-state index contributed by atoms with van der Waals surface area (Å²) in [6.07, 6.45) is 0. The lowest BCUT2D eigenvalue weighted by Gasteiger charge is -2.21. The summed E-state index contributed by atoms with van der Waals surface area (Å²) in [7, 11) is 1.60. The van der Waals surface area contributed by atoms with Crippen molar-refractivity contribution < 1.29 is 14.7 Å². The van der Waals surface area contributed by atoms with E-state index in [-0.39, 0.29) is 17.7 Å². The highest BCUT2D eigenvalue weighted by atomic mass is 127. The summed E-state index contributed by atoms with van der Waals surface area (Å²) in [6, 6.07) is 16.9. The van der Waals surface area contributed by atoms with Crippen molar-refractivity contribution in [2.24, 2.45) is 0 Å². The van der Waals surface area contributed by atoms with E-state index in [9.17, 15) is 19.5 Å². The minimum atomic E-state index is -1.16. The van der Waals surface area contributed by atoms with E-state index in [0.717, 1.165) is 11.1 Å². The first-order chi connectivity index (χ1) is 16.7. The molecule has 1 aromatic heterocycles. The second-order valence-corrected chi connectivity index (χ2v) is 9.36. The number of carbonyl (C=O) groups excluding carboxylic acids is 1. The number of halogens is 2. The van der Waals surface area contributed by atoms with Crippen molar-refractivity contribution in [3.05, 3.63) is 102 Å². The van der Waals surface area contributed by atoms with Crippen molar-refractivity contribution in [1.29, 1.82) is 0 Å². The maximum Gasteiger partial charge on any atom is 0.368 e. The van der Waals surface area contributed by atoms with Crippen LogP contribution < -0.4 is 10.6 Å². The number of aromatic nitrogens is 4. The Labute approximate surface area is 218 Å². The number of nitrogens with zero attached hydrogens (tertiary/aromatic N) is 5. The molecular weight excluding hydrogens is 585 g/mol. The van der Waals surface area contributed by atoms with Crippen molar-refractivity contribution in [2.45, 2.75) is 13.5 Å². The number of anilines is 1. The van der Waals surface area contributed by atoms with Crippen LogP contribution in [0.2, 0.25) is 5.02 Å². The van der Waals surface area contributed by atoms with Gasteiger partial charge in [0, 0.05) is 21.3 Å². The van der Waals surface area contributed by atoms with Crippen LogP contribution in [0.25, 0.3) is 5.69 Å². The highest BCUT2D eigenvalue weighted by Crippen LogP contribution is 2.25. The summed E-state index contributed by atoms with van der Waals surface area (Å²) in [5, 5.41) is 18.0. The van der Waals surface area contributed by atoms with Gasteiger partial charge in [-0.25, -0.2) is 9.59 Å². The number of tetrazole rings is 1. The Morgan fingerprint density at radius 2 is 1.80 bits per heavy atom. The molecule has 0 fully saturated rings. The Balaban J connectivity index is 1.58. The monoisotopic (exact) mass is 603 g/mol. The number of hydrogen-bond donors (Lipinski definition) is 1. The Hall–Kier alpha value is -3.51. The third-order valence-electron chi connectivity index (χ3n) is 5.43.